The van der Waals surface area contributed by atoms with Gasteiger partial charge in [-0.25, -0.2) is 0 Å². The monoisotopic (exact) mass is 410 g/mol. The van der Waals surface area contributed by atoms with Crippen LogP contribution in [0, 0.1) is 5.92 Å². The second-order valence-corrected chi connectivity index (χ2v) is 8.61. The van der Waals surface area contributed by atoms with Crippen molar-refractivity contribution in [3.8, 4) is 17.2 Å². The average Bonchev–Trinajstić information content (AvgIpc) is 2.72. The molecule has 0 saturated heterocycles. The molecule has 0 aliphatic rings. The maximum absolute atomic E-state index is 6.22. The number of ether oxygens (including phenoxy) is 3. The number of benzene rings is 2. The SMILES string of the molecule is C=C(C)C(CC(C)C)c1ccc(OC(C)CCCc2ccc(OC)cc2)c(OC)c1. The molecule has 2 aromatic rings. The summed E-state index contributed by atoms with van der Waals surface area (Å²) in [6.07, 6.45) is 4.29. The van der Waals surface area contributed by atoms with Crippen molar-refractivity contribution in [1.29, 1.82) is 0 Å². The molecule has 0 aromatic heterocycles. The van der Waals surface area contributed by atoms with E-state index in [0.717, 1.165) is 42.9 Å². The Morgan fingerprint density at radius 3 is 2.20 bits per heavy atom. The first-order valence-electron chi connectivity index (χ1n) is 11.0. The number of hydrogen-bond donors (Lipinski definition) is 0. The summed E-state index contributed by atoms with van der Waals surface area (Å²) in [7, 11) is 3.40. The van der Waals surface area contributed by atoms with E-state index in [0.29, 0.717) is 11.8 Å². The van der Waals surface area contributed by atoms with Crippen LogP contribution in [0.15, 0.2) is 54.6 Å². The molecule has 2 rings (SSSR count). The standard InChI is InChI=1S/C27H38O3/c1-19(2)17-25(20(3)4)23-13-16-26(27(18-23)29-7)30-21(5)9-8-10-22-11-14-24(28-6)15-12-22/h11-16,18-19,21,25H,3,8-10,17H2,1-2,4-7H3. The smallest absolute Gasteiger partial charge is 0.161 e. The van der Waals surface area contributed by atoms with E-state index in [1.165, 1.54) is 16.7 Å². The van der Waals surface area contributed by atoms with E-state index in [1.54, 1.807) is 14.2 Å². The van der Waals surface area contributed by atoms with Crippen molar-refractivity contribution in [1.82, 2.24) is 0 Å². The van der Waals surface area contributed by atoms with Crippen LogP contribution in [-0.4, -0.2) is 20.3 Å². The molecule has 3 heteroatoms. The summed E-state index contributed by atoms with van der Waals surface area (Å²) < 4.78 is 17.1. The van der Waals surface area contributed by atoms with Gasteiger partial charge in [0.1, 0.15) is 5.75 Å². The van der Waals surface area contributed by atoms with Gasteiger partial charge in [0.25, 0.3) is 0 Å². The van der Waals surface area contributed by atoms with Gasteiger partial charge in [-0.1, -0.05) is 44.2 Å². The molecular formula is C27H38O3. The van der Waals surface area contributed by atoms with Gasteiger partial charge in [0.15, 0.2) is 11.5 Å². The normalized spacial score (nSPS) is 13.0. The summed E-state index contributed by atoms with van der Waals surface area (Å²) in [5.41, 5.74) is 3.75. The summed E-state index contributed by atoms with van der Waals surface area (Å²) in [5, 5.41) is 0. The molecule has 0 spiro atoms. The maximum atomic E-state index is 6.22. The fraction of sp³-hybridized carbons (Fsp3) is 0.481. The zero-order valence-electron chi connectivity index (χ0n) is 19.5. The van der Waals surface area contributed by atoms with Crippen molar-refractivity contribution in [2.24, 2.45) is 5.92 Å². The minimum atomic E-state index is 0.121. The van der Waals surface area contributed by atoms with Gasteiger partial charge in [0.05, 0.1) is 20.3 Å². The summed E-state index contributed by atoms with van der Waals surface area (Å²) in [4.78, 5) is 0. The predicted octanol–water partition coefficient (Wildman–Crippen LogP) is 7.20. The molecule has 0 aliphatic heterocycles. The zero-order valence-corrected chi connectivity index (χ0v) is 19.5. The van der Waals surface area contributed by atoms with Crippen LogP contribution < -0.4 is 14.2 Å². The highest BCUT2D eigenvalue weighted by Gasteiger charge is 2.17. The lowest BCUT2D eigenvalue weighted by Crippen LogP contribution is -2.13. The van der Waals surface area contributed by atoms with E-state index < -0.39 is 0 Å². The minimum Gasteiger partial charge on any atom is -0.497 e. The molecule has 0 heterocycles. The molecule has 2 unspecified atom stereocenters. The molecule has 0 N–H and O–H groups in total. The van der Waals surface area contributed by atoms with Gasteiger partial charge in [-0.3, -0.25) is 0 Å². The highest BCUT2D eigenvalue weighted by molar-refractivity contribution is 5.45. The zero-order chi connectivity index (χ0) is 22.1. The number of aryl methyl sites for hydroxylation is 1. The molecule has 30 heavy (non-hydrogen) atoms. The van der Waals surface area contributed by atoms with E-state index in [-0.39, 0.29) is 6.10 Å². The second kappa shape index (κ2) is 11.7. The summed E-state index contributed by atoms with van der Waals surface area (Å²) >= 11 is 0. The van der Waals surface area contributed by atoms with Gasteiger partial charge in [0, 0.05) is 5.92 Å². The third-order valence-corrected chi connectivity index (χ3v) is 5.46. The van der Waals surface area contributed by atoms with Crippen molar-refractivity contribution in [3.05, 3.63) is 65.7 Å². The topological polar surface area (TPSA) is 27.7 Å². The van der Waals surface area contributed by atoms with Gasteiger partial charge in [0.2, 0.25) is 0 Å². The van der Waals surface area contributed by atoms with Crippen LogP contribution in [0.2, 0.25) is 0 Å². The Hall–Kier alpha value is -2.42. The third kappa shape index (κ3) is 7.12. The predicted molar refractivity (Wildman–Crippen MR) is 126 cm³/mol. The van der Waals surface area contributed by atoms with Crippen molar-refractivity contribution < 1.29 is 14.2 Å². The number of allylic oxidation sites excluding steroid dienone is 1. The van der Waals surface area contributed by atoms with Crippen LogP contribution in [0.4, 0.5) is 0 Å². The quantitative estimate of drug-likeness (QED) is 0.346. The lowest BCUT2D eigenvalue weighted by Gasteiger charge is -2.22. The van der Waals surface area contributed by atoms with Crippen molar-refractivity contribution in [2.75, 3.05) is 14.2 Å². The molecule has 0 aliphatic carbocycles. The van der Waals surface area contributed by atoms with Gasteiger partial charge in [-0.05, 0) is 80.8 Å². The van der Waals surface area contributed by atoms with E-state index in [4.69, 9.17) is 14.2 Å². The van der Waals surface area contributed by atoms with Crippen LogP contribution >= 0.6 is 0 Å². The molecule has 0 saturated carbocycles. The summed E-state index contributed by atoms with van der Waals surface area (Å²) in [5.74, 6) is 3.45. The molecule has 0 fully saturated rings. The maximum Gasteiger partial charge on any atom is 0.161 e. The highest BCUT2D eigenvalue weighted by atomic mass is 16.5. The van der Waals surface area contributed by atoms with E-state index in [1.807, 2.05) is 18.2 Å². The summed E-state index contributed by atoms with van der Waals surface area (Å²) in [6.45, 7) is 12.9. The minimum absolute atomic E-state index is 0.121. The Kier molecular flexibility index (Phi) is 9.29. The average molecular weight is 411 g/mol. The molecule has 2 aromatic carbocycles. The van der Waals surface area contributed by atoms with Gasteiger partial charge < -0.3 is 14.2 Å². The fourth-order valence-electron chi connectivity index (χ4n) is 3.75. The molecule has 164 valence electrons. The first-order valence-corrected chi connectivity index (χ1v) is 11.0. The van der Waals surface area contributed by atoms with Crippen molar-refractivity contribution in [3.63, 3.8) is 0 Å². The fourth-order valence-corrected chi connectivity index (χ4v) is 3.75. The van der Waals surface area contributed by atoms with Crippen molar-refractivity contribution in [2.45, 2.75) is 65.4 Å². The van der Waals surface area contributed by atoms with Gasteiger partial charge >= 0.3 is 0 Å². The van der Waals surface area contributed by atoms with Crippen LogP contribution in [0.5, 0.6) is 17.2 Å². The Labute approximate surface area is 183 Å². The molecule has 0 bridgehead atoms. The second-order valence-electron chi connectivity index (χ2n) is 8.61. The molecule has 3 nitrogen and oxygen atoms in total. The third-order valence-electron chi connectivity index (χ3n) is 5.46. The Morgan fingerprint density at radius 2 is 1.63 bits per heavy atom. The number of methoxy groups -OCH3 is 2. The number of rotatable bonds is 12. The van der Waals surface area contributed by atoms with Crippen LogP contribution in [-0.2, 0) is 6.42 Å². The Bertz CT molecular complexity index is 792. The lowest BCUT2D eigenvalue weighted by atomic mass is 9.85. The van der Waals surface area contributed by atoms with Crippen LogP contribution in [0.1, 0.15) is 64.0 Å². The Balaban J connectivity index is 1.96. The van der Waals surface area contributed by atoms with Crippen molar-refractivity contribution >= 4 is 0 Å². The Morgan fingerprint density at radius 1 is 0.933 bits per heavy atom. The van der Waals surface area contributed by atoms with Crippen LogP contribution in [0.3, 0.4) is 0 Å². The first kappa shape index (κ1) is 23.9. The van der Waals surface area contributed by atoms with Crippen LogP contribution in [0.25, 0.3) is 0 Å². The molecule has 0 radical (unpaired) electrons. The van der Waals surface area contributed by atoms with E-state index >= 15 is 0 Å². The van der Waals surface area contributed by atoms with Gasteiger partial charge in [-0.15, -0.1) is 0 Å². The molecule has 2 atom stereocenters. The summed E-state index contributed by atoms with van der Waals surface area (Å²) in [6, 6.07) is 14.6. The molecular weight excluding hydrogens is 372 g/mol. The highest BCUT2D eigenvalue weighted by Crippen LogP contribution is 2.36. The van der Waals surface area contributed by atoms with E-state index in [2.05, 4.69) is 58.5 Å². The van der Waals surface area contributed by atoms with Gasteiger partial charge in [-0.2, -0.15) is 0 Å². The molecule has 0 amide bonds. The van der Waals surface area contributed by atoms with E-state index in [9.17, 15) is 0 Å². The first-order chi connectivity index (χ1) is 14.3. The largest absolute Gasteiger partial charge is 0.497 e. The lowest BCUT2D eigenvalue weighted by molar-refractivity contribution is 0.199. The number of hydrogen-bond acceptors (Lipinski definition) is 3.